The van der Waals surface area contributed by atoms with Gasteiger partial charge in [-0.05, 0) is 42.8 Å². The molecular formula is C23H19ClN4O3S. The lowest BCUT2D eigenvalue weighted by Crippen LogP contribution is -2.49. The Bertz CT molecular complexity index is 1350. The number of nitrogens with two attached hydrogens (primary N) is 1. The zero-order valence-electron chi connectivity index (χ0n) is 17.1. The van der Waals surface area contributed by atoms with Gasteiger partial charge in [0.2, 0.25) is 0 Å². The lowest BCUT2D eigenvalue weighted by Gasteiger charge is -2.33. The van der Waals surface area contributed by atoms with Crippen molar-refractivity contribution in [1.82, 2.24) is 9.78 Å². The minimum absolute atomic E-state index is 0.0648. The first kappa shape index (κ1) is 20.5. The number of thiophene rings is 1. The van der Waals surface area contributed by atoms with Gasteiger partial charge in [0, 0.05) is 10.4 Å². The Kier molecular flexibility index (Phi) is 5.11. The number of primary amides is 1. The molecule has 1 atom stereocenters. The normalized spacial score (nSPS) is 15.4. The number of nitrogens with zero attached hydrogens (tertiary/aromatic N) is 3. The zero-order chi connectivity index (χ0) is 22.4. The highest BCUT2D eigenvalue weighted by molar-refractivity contribution is 7.20. The van der Waals surface area contributed by atoms with Crippen molar-refractivity contribution >= 4 is 50.7 Å². The molecular weight excluding hydrogens is 448 g/mol. The van der Waals surface area contributed by atoms with Gasteiger partial charge in [-0.25, -0.2) is 0 Å². The minimum atomic E-state index is -0.898. The quantitative estimate of drug-likeness (QED) is 0.492. The third-order valence-corrected chi connectivity index (χ3v) is 6.79. The van der Waals surface area contributed by atoms with Gasteiger partial charge in [0.1, 0.15) is 10.6 Å². The van der Waals surface area contributed by atoms with Crippen molar-refractivity contribution in [1.29, 1.82) is 0 Å². The summed E-state index contributed by atoms with van der Waals surface area (Å²) in [5.41, 5.74) is 8.00. The number of ether oxygens (including phenoxy) is 1. The molecule has 0 saturated heterocycles. The van der Waals surface area contributed by atoms with Gasteiger partial charge in [0.15, 0.2) is 6.10 Å². The predicted octanol–water partition coefficient (Wildman–Crippen LogP) is 4.00. The molecule has 0 fully saturated rings. The van der Waals surface area contributed by atoms with Gasteiger partial charge >= 0.3 is 0 Å². The van der Waals surface area contributed by atoms with E-state index in [4.69, 9.17) is 22.1 Å². The standard InChI is InChI=1S/C23H19ClN4O3S/c1-13-16-10-20(32-23(16)28(26-13)11-14-6-8-15(24)9-7-14)22(30)27-12-19(21(25)29)31-18-5-3-2-4-17(18)27/h2-10,19H,11-12H2,1H3,(H2,25,29). The lowest BCUT2D eigenvalue weighted by molar-refractivity contribution is -0.124. The summed E-state index contributed by atoms with van der Waals surface area (Å²) in [5.74, 6) is -0.351. The molecule has 4 aromatic rings. The maximum Gasteiger partial charge on any atom is 0.268 e. The topological polar surface area (TPSA) is 90.5 Å². The minimum Gasteiger partial charge on any atom is -0.477 e. The number of benzene rings is 2. The molecule has 2 N–H and O–H groups in total. The third kappa shape index (κ3) is 3.61. The Labute approximate surface area is 192 Å². The second kappa shape index (κ2) is 7.96. The Morgan fingerprint density at radius 3 is 2.72 bits per heavy atom. The average Bonchev–Trinajstić information content (AvgIpc) is 3.35. The van der Waals surface area contributed by atoms with Crippen LogP contribution in [0, 0.1) is 6.92 Å². The Balaban J connectivity index is 1.50. The highest BCUT2D eigenvalue weighted by Crippen LogP contribution is 2.36. The summed E-state index contributed by atoms with van der Waals surface area (Å²) in [6.07, 6.45) is -0.898. The van der Waals surface area contributed by atoms with Crippen molar-refractivity contribution in [2.75, 3.05) is 11.4 Å². The molecule has 3 heterocycles. The Morgan fingerprint density at radius 1 is 1.22 bits per heavy atom. The first-order valence-corrected chi connectivity index (χ1v) is 11.2. The fourth-order valence-electron chi connectivity index (χ4n) is 3.80. The average molecular weight is 467 g/mol. The van der Waals surface area contributed by atoms with E-state index in [1.165, 1.54) is 11.3 Å². The van der Waals surface area contributed by atoms with E-state index in [-0.39, 0.29) is 12.5 Å². The van der Waals surface area contributed by atoms with Crippen molar-refractivity contribution in [2.45, 2.75) is 19.6 Å². The molecule has 1 aliphatic rings. The van der Waals surface area contributed by atoms with Crippen LogP contribution in [0.5, 0.6) is 5.75 Å². The number of halogens is 1. The van der Waals surface area contributed by atoms with Gasteiger partial charge in [-0.2, -0.15) is 5.10 Å². The molecule has 32 heavy (non-hydrogen) atoms. The summed E-state index contributed by atoms with van der Waals surface area (Å²) in [6, 6.07) is 16.6. The van der Waals surface area contributed by atoms with Gasteiger partial charge in [-0.1, -0.05) is 35.9 Å². The largest absolute Gasteiger partial charge is 0.477 e. The highest BCUT2D eigenvalue weighted by atomic mass is 35.5. The van der Waals surface area contributed by atoms with E-state index in [1.807, 2.05) is 48.0 Å². The molecule has 0 aliphatic carbocycles. The first-order chi connectivity index (χ1) is 15.4. The molecule has 0 spiro atoms. The molecule has 1 aliphatic heterocycles. The second-order valence-electron chi connectivity index (χ2n) is 7.59. The summed E-state index contributed by atoms with van der Waals surface area (Å²) in [4.78, 5) is 28.3. The number of fused-ring (bicyclic) bond motifs is 2. The summed E-state index contributed by atoms with van der Waals surface area (Å²) >= 11 is 7.37. The van der Waals surface area contributed by atoms with E-state index in [0.29, 0.717) is 27.9 Å². The number of carbonyl (C=O) groups excluding carboxylic acids is 2. The van der Waals surface area contributed by atoms with Crippen LogP contribution in [0.25, 0.3) is 10.2 Å². The summed E-state index contributed by atoms with van der Waals surface area (Å²) in [7, 11) is 0. The number of rotatable bonds is 4. The second-order valence-corrected chi connectivity index (χ2v) is 9.06. The van der Waals surface area contributed by atoms with Crippen molar-refractivity contribution in [3.8, 4) is 5.75 Å². The van der Waals surface area contributed by atoms with Crippen molar-refractivity contribution in [3.05, 3.63) is 75.8 Å². The number of para-hydroxylation sites is 2. The summed E-state index contributed by atoms with van der Waals surface area (Å²) in [5, 5.41) is 6.25. The molecule has 162 valence electrons. The van der Waals surface area contributed by atoms with Crippen molar-refractivity contribution in [3.63, 3.8) is 0 Å². The molecule has 0 radical (unpaired) electrons. The maximum absolute atomic E-state index is 13.5. The molecule has 2 amide bonds. The van der Waals surface area contributed by atoms with Crippen LogP contribution in [0.3, 0.4) is 0 Å². The fraction of sp³-hybridized carbons (Fsp3) is 0.174. The van der Waals surface area contributed by atoms with Gasteiger partial charge in [0.05, 0.1) is 29.3 Å². The van der Waals surface area contributed by atoms with Gasteiger partial charge in [0.25, 0.3) is 11.8 Å². The summed E-state index contributed by atoms with van der Waals surface area (Å²) in [6.45, 7) is 2.56. The maximum atomic E-state index is 13.5. The van der Waals surface area contributed by atoms with Crippen LogP contribution in [0.4, 0.5) is 5.69 Å². The van der Waals surface area contributed by atoms with Crippen LogP contribution >= 0.6 is 22.9 Å². The van der Waals surface area contributed by atoms with E-state index < -0.39 is 12.0 Å². The molecule has 9 heteroatoms. The number of anilines is 1. The first-order valence-electron chi connectivity index (χ1n) is 9.99. The monoisotopic (exact) mass is 466 g/mol. The van der Waals surface area contributed by atoms with Crippen molar-refractivity contribution in [2.24, 2.45) is 5.73 Å². The molecule has 7 nitrogen and oxygen atoms in total. The fourth-order valence-corrected chi connectivity index (χ4v) is 5.03. The molecule has 5 rings (SSSR count). The Hall–Kier alpha value is -3.36. The third-order valence-electron chi connectivity index (χ3n) is 5.40. The van der Waals surface area contributed by atoms with Gasteiger partial charge < -0.3 is 10.5 Å². The molecule has 0 bridgehead atoms. The summed E-state index contributed by atoms with van der Waals surface area (Å²) < 4.78 is 7.58. The molecule has 2 aromatic heterocycles. The van der Waals surface area contributed by atoms with Gasteiger partial charge in [-0.15, -0.1) is 11.3 Å². The number of amides is 2. The number of hydrogen-bond donors (Lipinski definition) is 1. The van der Waals surface area contributed by atoms with Crippen LogP contribution in [-0.2, 0) is 11.3 Å². The molecule has 0 saturated carbocycles. The van der Waals surface area contributed by atoms with E-state index in [0.717, 1.165) is 21.5 Å². The number of carbonyl (C=O) groups is 2. The predicted molar refractivity (Wildman–Crippen MR) is 125 cm³/mol. The molecule has 1 unspecified atom stereocenters. The van der Waals surface area contributed by atoms with Crippen LogP contribution in [0.15, 0.2) is 54.6 Å². The van der Waals surface area contributed by atoms with E-state index in [9.17, 15) is 9.59 Å². The van der Waals surface area contributed by atoms with Crippen LogP contribution in [0.1, 0.15) is 20.9 Å². The number of hydrogen-bond acceptors (Lipinski definition) is 5. The lowest BCUT2D eigenvalue weighted by atomic mass is 10.1. The zero-order valence-corrected chi connectivity index (χ0v) is 18.7. The Morgan fingerprint density at radius 2 is 1.97 bits per heavy atom. The molecule has 2 aromatic carbocycles. The van der Waals surface area contributed by atoms with Crippen LogP contribution in [-0.4, -0.2) is 34.2 Å². The highest BCUT2D eigenvalue weighted by Gasteiger charge is 2.34. The van der Waals surface area contributed by atoms with Crippen LogP contribution < -0.4 is 15.4 Å². The number of aryl methyl sites for hydroxylation is 1. The smallest absolute Gasteiger partial charge is 0.268 e. The number of aromatic nitrogens is 2. The van der Waals surface area contributed by atoms with E-state index >= 15 is 0 Å². The van der Waals surface area contributed by atoms with Crippen LogP contribution in [0.2, 0.25) is 5.02 Å². The van der Waals surface area contributed by atoms with Crippen molar-refractivity contribution < 1.29 is 14.3 Å². The van der Waals surface area contributed by atoms with E-state index in [1.54, 1.807) is 23.1 Å². The van der Waals surface area contributed by atoms with Gasteiger partial charge in [-0.3, -0.25) is 19.2 Å². The van der Waals surface area contributed by atoms with E-state index in [2.05, 4.69) is 5.10 Å². The SMILES string of the molecule is Cc1nn(Cc2ccc(Cl)cc2)c2sc(C(=O)N3CC(C(N)=O)Oc4ccccc43)cc12.